The van der Waals surface area contributed by atoms with E-state index in [-0.39, 0.29) is 0 Å². The van der Waals surface area contributed by atoms with E-state index in [1.54, 1.807) is 0 Å². The van der Waals surface area contributed by atoms with Crippen LogP contribution in [0.5, 0.6) is 0 Å². The molecule has 0 bridgehead atoms. The Hall–Kier alpha value is -1.09. The fourth-order valence-corrected chi connectivity index (χ4v) is 1.57. The van der Waals surface area contributed by atoms with Crippen molar-refractivity contribution in [1.82, 2.24) is 4.98 Å². The van der Waals surface area contributed by atoms with Crippen molar-refractivity contribution < 1.29 is 0 Å². The van der Waals surface area contributed by atoms with Gasteiger partial charge in [-0.3, -0.25) is 4.98 Å². The second kappa shape index (κ2) is 3.58. The Morgan fingerprint density at radius 2 is 2.36 bits per heavy atom. The molecule has 1 aliphatic rings. The van der Waals surface area contributed by atoms with E-state index in [1.807, 2.05) is 19.2 Å². The first-order chi connectivity index (χ1) is 6.74. The second-order valence-corrected chi connectivity index (χ2v) is 4.24. The van der Waals surface area contributed by atoms with Crippen molar-refractivity contribution in [3.63, 3.8) is 0 Å². The molecule has 3 N–H and O–H groups in total. The Labute approximate surface area is 84.7 Å². The molecule has 0 atom stereocenters. The summed E-state index contributed by atoms with van der Waals surface area (Å²) in [6, 6.07) is 4.06. The van der Waals surface area contributed by atoms with E-state index in [0.29, 0.717) is 5.41 Å². The molecule has 2 rings (SSSR count). The van der Waals surface area contributed by atoms with E-state index in [4.69, 9.17) is 5.73 Å². The van der Waals surface area contributed by atoms with Crippen LogP contribution in [0.1, 0.15) is 18.5 Å². The highest BCUT2D eigenvalue weighted by Crippen LogP contribution is 2.44. The van der Waals surface area contributed by atoms with Crippen LogP contribution in [0.2, 0.25) is 0 Å². The summed E-state index contributed by atoms with van der Waals surface area (Å²) in [5, 5.41) is 3.42. The molecule has 0 aliphatic heterocycles. The van der Waals surface area contributed by atoms with Gasteiger partial charge in [-0.1, -0.05) is 0 Å². The van der Waals surface area contributed by atoms with Crippen LogP contribution < -0.4 is 11.1 Å². The maximum atomic E-state index is 5.71. The molecule has 1 aliphatic carbocycles. The van der Waals surface area contributed by atoms with Crippen molar-refractivity contribution in [2.75, 3.05) is 18.4 Å². The van der Waals surface area contributed by atoms with Crippen LogP contribution in [0.3, 0.4) is 0 Å². The van der Waals surface area contributed by atoms with Gasteiger partial charge in [-0.05, 0) is 43.9 Å². The average molecular weight is 191 g/mol. The van der Waals surface area contributed by atoms with E-state index in [1.165, 1.54) is 12.8 Å². The minimum atomic E-state index is 0.386. The molecule has 0 aromatic carbocycles. The zero-order valence-corrected chi connectivity index (χ0v) is 8.59. The lowest BCUT2D eigenvalue weighted by Gasteiger charge is -2.14. The van der Waals surface area contributed by atoms with Crippen molar-refractivity contribution >= 4 is 5.69 Å². The molecule has 1 heterocycles. The standard InChI is InChI=1S/C11H17N3/c1-9-6-10(2-5-13-9)14-8-11(7-12)3-4-11/h2,5-6H,3-4,7-8,12H2,1H3,(H,13,14). The van der Waals surface area contributed by atoms with E-state index >= 15 is 0 Å². The van der Waals surface area contributed by atoms with Gasteiger partial charge in [0.05, 0.1) is 0 Å². The van der Waals surface area contributed by atoms with E-state index in [2.05, 4.69) is 16.4 Å². The third-order valence-electron chi connectivity index (χ3n) is 2.95. The molecule has 1 fully saturated rings. The summed E-state index contributed by atoms with van der Waals surface area (Å²) in [5.74, 6) is 0. The fraction of sp³-hybridized carbons (Fsp3) is 0.545. The van der Waals surface area contributed by atoms with Gasteiger partial charge in [-0.2, -0.15) is 0 Å². The predicted molar refractivity (Wildman–Crippen MR) is 58.2 cm³/mol. The number of anilines is 1. The summed E-state index contributed by atoms with van der Waals surface area (Å²) in [6.07, 6.45) is 4.36. The van der Waals surface area contributed by atoms with Crippen molar-refractivity contribution in [2.24, 2.45) is 11.1 Å². The molecule has 0 unspecified atom stereocenters. The molecular formula is C11H17N3. The number of nitrogens with zero attached hydrogens (tertiary/aromatic N) is 1. The molecule has 3 nitrogen and oxygen atoms in total. The van der Waals surface area contributed by atoms with E-state index < -0.39 is 0 Å². The van der Waals surface area contributed by atoms with Crippen LogP contribution in [-0.4, -0.2) is 18.1 Å². The Balaban J connectivity index is 1.92. The van der Waals surface area contributed by atoms with Crippen molar-refractivity contribution in [2.45, 2.75) is 19.8 Å². The molecule has 0 radical (unpaired) electrons. The highest BCUT2D eigenvalue weighted by atomic mass is 14.9. The van der Waals surface area contributed by atoms with Crippen LogP contribution in [0.4, 0.5) is 5.69 Å². The molecule has 1 saturated carbocycles. The fourth-order valence-electron chi connectivity index (χ4n) is 1.57. The lowest BCUT2D eigenvalue weighted by Crippen LogP contribution is -2.24. The summed E-state index contributed by atoms with van der Waals surface area (Å²) in [6.45, 7) is 3.79. The third-order valence-corrected chi connectivity index (χ3v) is 2.95. The van der Waals surface area contributed by atoms with Crippen LogP contribution in [0.25, 0.3) is 0 Å². The van der Waals surface area contributed by atoms with Gasteiger partial charge in [0.25, 0.3) is 0 Å². The molecule has 0 spiro atoms. The minimum absolute atomic E-state index is 0.386. The highest BCUT2D eigenvalue weighted by Gasteiger charge is 2.40. The first-order valence-corrected chi connectivity index (χ1v) is 5.11. The molecule has 3 heteroatoms. The number of nitrogens with one attached hydrogen (secondary N) is 1. The minimum Gasteiger partial charge on any atom is -0.384 e. The van der Waals surface area contributed by atoms with Gasteiger partial charge in [0.2, 0.25) is 0 Å². The molecule has 1 aromatic heterocycles. The maximum Gasteiger partial charge on any atom is 0.0393 e. The topological polar surface area (TPSA) is 50.9 Å². The van der Waals surface area contributed by atoms with Gasteiger partial charge in [-0.15, -0.1) is 0 Å². The van der Waals surface area contributed by atoms with Gasteiger partial charge in [-0.25, -0.2) is 0 Å². The van der Waals surface area contributed by atoms with Crippen LogP contribution in [0.15, 0.2) is 18.3 Å². The van der Waals surface area contributed by atoms with Gasteiger partial charge < -0.3 is 11.1 Å². The Kier molecular flexibility index (Phi) is 2.42. The van der Waals surface area contributed by atoms with Crippen LogP contribution >= 0.6 is 0 Å². The molecular weight excluding hydrogens is 174 g/mol. The van der Waals surface area contributed by atoms with Crippen LogP contribution in [0, 0.1) is 12.3 Å². The molecule has 0 saturated heterocycles. The second-order valence-electron chi connectivity index (χ2n) is 4.24. The monoisotopic (exact) mass is 191 g/mol. The number of pyridine rings is 1. The zero-order chi connectivity index (χ0) is 10.0. The Bertz CT molecular complexity index is 318. The highest BCUT2D eigenvalue weighted by molar-refractivity contribution is 5.43. The Morgan fingerprint density at radius 3 is 2.93 bits per heavy atom. The SMILES string of the molecule is Cc1cc(NCC2(CN)CC2)ccn1. The molecule has 0 amide bonds. The summed E-state index contributed by atoms with van der Waals surface area (Å²) in [5.41, 5.74) is 8.30. The van der Waals surface area contributed by atoms with Crippen molar-refractivity contribution in [3.8, 4) is 0 Å². The van der Waals surface area contributed by atoms with Gasteiger partial charge >= 0.3 is 0 Å². The lowest BCUT2D eigenvalue weighted by molar-refractivity contribution is 0.556. The van der Waals surface area contributed by atoms with Gasteiger partial charge in [0, 0.05) is 24.1 Å². The quantitative estimate of drug-likeness (QED) is 0.759. The summed E-state index contributed by atoms with van der Waals surface area (Å²) in [4.78, 5) is 4.16. The molecule has 14 heavy (non-hydrogen) atoms. The number of aromatic nitrogens is 1. The summed E-state index contributed by atoms with van der Waals surface area (Å²) >= 11 is 0. The zero-order valence-electron chi connectivity index (χ0n) is 8.59. The number of hydrogen-bond acceptors (Lipinski definition) is 3. The largest absolute Gasteiger partial charge is 0.384 e. The van der Waals surface area contributed by atoms with Gasteiger partial charge in [0.15, 0.2) is 0 Å². The third kappa shape index (κ3) is 2.04. The lowest BCUT2D eigenvalue weighted by atomic mass is 10.1. The number of rotatable bonds is 4. The first-order valence-electron chi connectivity index (χ1n) is 5.11. The van der Waals surface area contributed by atoms with Crippen molar-refractivity contribution in [1.29, 1.82) is 0 Å². The predicted octanol–water partition coefficient (Wildman–Crippen LogP) is 1.54. The summed E-state index contributed by atoms with van der Waals surface area (Å²) < 4.78 is 0. The normalized spacial score (nSPS) is 17.9. The number of aryl methyl sites for hydroxylation is 1. The maximum absolute atomic E-state index is 5.71. The smallest absolute Gasteiger partial charge is 0.0393 e. The number of hydrogen-bond donors (Lipinski definition) is 2. The van der Waals surface area contributed by atoms with Gasteiger partial charge in [0.1, 0.15) is 0 Å². The molecule has 76 valence electrons. The van der Waals surface area contributed by atoms with Crippen molar-refractivity contribution in [3.05, 3.63) is 24.0 Å². The van der Waals surface area contributed by atoms with E-state index in [9.17, 15) is 0 Å². The first kappa shape index (κ1) is 9.46. The molecule has 1 aromatic rings. The summed E-state index contributed by atoms with van der Waals surface area (Å²) in [7, 11) is 0. The number of nitrogens with two attached hydrogens (primary N) is 1. The average Bonchev–Trinajstić information content (AvgIpc) is 2.96. The van der Waals surface area contributed by atoms with E-state index in [0.717, 1.165) is 24.5 Å². The Morgan fingerprint density at radius 1 is 1.57 bits per heavy atom. The van der Waals surface area contributed by atoms with Crippen LogP contribution in [-0.2, 0) is 0 Å².